The minimum absolute atomic E-state index is 0.372. The summed E-state index contributed by atoms with van der Waals surface area (Å²) in [5.74, 6) is 0. The maximum atomic E-state index is 11.9. The van der Waals surface area contributed by atoms with E-state index in [4.69, 9.17) is 4.52 Å². The third-order valence-corrected chi connectivity index (χ3v) is 5.06. The molecule has 0 aromatic carbocycles. The molecule has 1 rings (SSSR count). The van der Waals surface area contributed by atoms with E-state index in [0.29, 0.717) is 24.5 Å². The molecule has 12 heavy (non-hydrogen) atoms. The van der Waals surface area contributed by atoms with Gasteiger partial charge in [-0.3, -0.25) is 4.57 Å². The second kappa shape index (κ2) is 2.99. The Balaban J connectivity index is 2.86. The van der Waals surface area contributed by atoms with Crippen LogP contribution in [0.5, 0.6) is 0 Å². The Morgan fingerprint density at radius 3 is 2.75 bits per heavy atom. The van der Waals surface area contributed by atoms with E-state index in [9.17, 15) is 9.67 Å². The van der Waals surface area contributed by atoms with Crippen molar-refractivity contribution >= 4 is 7.37 Å². The normalized spacial score (nSPS) is 42.1. The maximum absolute atomic E-state index is 11.9. The van der Waals surface area contributed by atoms with Gasteiger partial charge in [0.05, 0.1) is 12.2 Å². The van der Waals surface area contributed by atoms with Gasteiger partial charge in [0.1, 0.15) is 0 Å². The number of hydrogen-bond donors (Lipinski definition) is 1. The van der Waals surface area contributed by atoms with Crippen molar-refractivity contribution in [3.63, 3.8) is 0 Å². The highest BCUT2D eigenvalue weighted by Gasteiger charge is 2.45. The summed E-state index contributed by atoms with van der Waals surface area (Å²) in [6, 6.07) is 0. The van der Waals surface area contributed by atoms with E-state index in [1.807, 2.05) is 0 Å². The van der Waals surface area contributed by atoms with Crippen molar-refractivity contribution in [2.75, 3.05) is 12.8 Å². The standard InChI is InChI=1S/C8H15O3P/c1-4-11-12(10)6-5-8(3,9)7(12)2/h9H,2,4-6H2,1,3H3/t8-,12-/m1/s1. The van der Waals surface area contributed by atoms with Crippen molar-refractivity contribution in [3.05, 3.63) is 11.9 Å². The fourth-order valence-corrected chi connectivity index (χ4v) is 3.91. The van der Waals surface area contributed by atoms with Crippen molar-refractivity contribution in [1.82, 2.24) is 0 Å². The third-order valence-electron chi connectivity index (χ3n) is 2.26. The van der Waals surface area contributed by atoms with Crippen LogP contribution in [0.1, 0.15) is 20.3 Å². The molecule has 3 nitrogen and oxygen atoms in total. The van der Waals surface area contributed by atoms with E-state index in [1.54, 1.807) is 13.8 Å². The third kappa shape index (κ3) is 1.49. The van der Waals surface area contributed by atoms with Crippen LogP contribution in [0.2, 0.25) is 0 Å². The lowest BCUT2D eigenvalue weighted by Crippen LogP contribution is -2.20. The molecule has 1 fully saturated rings. The molecule has 1 heterocycles. The van der Waals surface area contributed by atoms with Crippen molar-refractivity contribution in [2.45, 2.75) is 25.9 Å². The van der Waals surface area contributed by atoms with Crippen molar-refractivity contribution in [1.29, 1.82) is 0 Å². The highest BCUT2D eigenvalue weighted by Crippen LogP contribution is 2.64. The van der Waals surface area contributed by atoms with Crippen LogP contribution in [-0.4, -0.2) is 23.5 Å². The molecule has 2 atom stereocenters. The van der Waals surface area contributed by atoms with Gasteiger partial charge in [0.25, 0.3) is 0 Å². The summed E-state index contributed by atoms with van der Waals surface area (Å²) in [5, 5.41) is 10.0. The first-order valence-electron chi connectivity index (χ1n) is 4.08. The molecular weight excluding hydrogens is 175 g/mol. The molecule has 0 unspecified atom stereocenters. The zero-order chi connectivity index (χ0) is 9.41. The molecule has 1 saturated heterocycles. The molecule has 70 valence electrons. The van der Waals surface area contributed by atoms with Gasteiger partial charge in [-0.2, -0.15) is 0 Å². The highest BCUT2D eigenvalue weighted by atomic mass is 31.2. The monoisotopic (exact) mass is 190 g/mol. The second-order valence-electron chi connectivity index (χ2n) is 3.29. The van der Waals surface area contributed by atoms with Crippen LogP contribution in [0.3, 0.4) is 0 Å². The fourth-order valence-electron chi connectivity index (χ4n) is 1.36. The Morgan fingerprint density at radius 1 is 1.83 bits per heavy atom. The molecule has 1 aliphatic heterocycles. The van der Waals surface area contributed by atoms with Crippen LogP contribution in [0.25, 0.3) is 0 Å². The SMILES string of the molecule is C=C1[C@](C)(O)CC[P@@]1(=O)OCC. The summed E-state index contributed by atoms with van der Waals surface area (Å²) in [4.78, 5) is 0. The molecule has 0 radical (unpaired) electrons. The van der Waals surface area contributed by atoms with Crippen LogP contribution >= 0.6 is 7.37 Å². The Bertz CT molecular complexity index is 245. The van der Waals surface area contributed by atoms with E-state index in [0.717, 1.165) is 0 Å². The summed E-state index contributed by atoms with van der Waals surface area (Å²) in [7, 11) is -2.73. The fraction of sp³-hybridized carbons (Fsp3) is 0.750. The van der Waals surface area contributed by atoms with Gasteiger partial charge in [-0.1, -0.05) is 6.58 Å². The summed E-state index contributed by atoms with van der Waals surface area (Å²) < 4.78 is 17.0. The average molecular weight is 190 g/mol. The largest absolute Gasteiger partial charge is 0.385 e. The zero-order valence-corrected chi connectivity index (χ0v) is 8.43. The van der Waals surface area contributed by atoms with Crippen molar-refractivity contribution < 1.29 is 14.2 Å². The zero-order valence-electron chi connectivity index (χ0n) is 7.54. The van der Waals surface area contributed by atoms with E-state index < -0.39 is 13.0 Å². The number of hydrogen-bond acceptors (Lipinski definition) is 3. The smallest absolute Gasteiger partial charge is 0.230 e. The molecule has 0 amide bonds. The predicted octanol–water partition coefficient (Wildman–Crippen LogP) is 1.97. The van der Waals surface area contributed by atoms with Gasteiger partial charge in [-0.25, -0.2) is 0 Å². The van der Waals surface area contributed by atoms with E-state index in [1.165, 1.54) is 0 Å². The molecule has 1 aliphatic rings. The molecule has 0 spiro atoms. The minimum Gasteiger partial charge on any atom is -0.385 e. The second-order valence-corrected chi connectivity index (χ2v) is 5.88. The molecular formula is C8H15O3P. The van der Waals surface area contributed by atoms with E-state index in [-0.39, 0.29) is 0 Å². The summed E-state index contributed by atoms with van der Waals surface area (Å²) in [6.45, 7) is 7.47. The van der Waals surface area contributed by atoms with Gasteiger partial charge in [0, 0.05) is 11.5 Å². The highest BCUT2D eigenvalue weighted by molar-refractivity contribution is 7.63. The number of rotatable bonds is 2. The summed E-state index contributed by atoms with van der Waals surface area (Å²) in [6.07, 6.45) is 0.912. The van der Waals surface area contributed by atoms with E-state index in [2.05, 4.69) is 6.58 Å². The van der Waals surface area contributed by atoms with Gasteiger partial charge in [0.2, 0.25) is 7.37 Å². The molecule has 0 aromatic rings. The van der Waals surface area contributed by atoms with Crippen molar-refractivity contribution in [2.24, 2.45) is 0 Å². The van der Waals surface area contributed by atoms with Crippen LogP contribution in [0.4, 0.5) is 0 Å². The molecule has 4 heteroatoms. The lowest BCUT2D eigenvalue weighted by Gasteiger charge is -2.19. The molecule has 1 N–H and O–H groups in total. The summed E-state index contributed by atoms with van der Waals surface area (Å²) >= 11 is 0. The Hall–Kier alpha value is -0.110. The average Bonchev–Trinajstić information content (AvgIpc) is 2.17. The summed E-state index contributed by atoms with van der Waals surface area (Å²) in [5.41, 5.74) is -0.995. The van der Waals surface area contributed by atoms with E-state index >= 15 is 0 Å². The quantitative estimate of drug-likeness (QED) is 0.677. The maximum Gasteiger partial charge on any atom is 0.230 e. The Labute approximate surface area is 72.9 Å². The van der Waals surface area contributed by atoms with Crippen LogP contribution in [-0.2, 0) is 9.09 Å². The topological polar surface area (TPSA) is 46.5 Å². The minimum atomic E-state index is -2.73. The van der Waals surface area contributed by atoms with Gasteiger partial charge in [0.15, 0.2) is 0 Å². The molecule has 0 aliphatic carbocycles. The molecule has 0 aromatic heterocycles. The Morgan fingerprint density at radius 2 is 2.42 bits per heavy atom. The first-order valence-corrected chi connectivity index (χ1v) is 5.89. The van der Waals surface area contributed by atoms with Crippen LogP contribution in [0, 0.1) is 0 Å². The van der Waals surface area contributed by atoms with Gasteiger partial charge in [-0.05, 0) is 20.3 Å². The van der Waals surface area contributed by atoms with Crippen LogP contribution in [0.15, 0.2) is 11.9 Å². The first kappa shape index (κ1) is 9.97. The van der Waals surface area contributed by atoms with Gasteiger partial charge < -0.3 is 9.63 Å². The van der Waals surface area contributed by atoms with Crippen molar-refractivity contribution in [3.8, 4) is 0 Å². The lowest BCUT2D eigenvalue weighted by atomic mass is 10.1. The first-order chi connectivity index (χ1) is 5.42. The predicted molar refractivity (Wildman–Crippen MR) is 48.5 cm³/mol. The van der Waals surface area contributed by atoms with Gasteiger partial charge in [-0.15, -0.1) is 0 Å². The lowest BCUT2D eigenvalue weighted by molar-refractivity contribution is 0.110. The molecule has 0 bridgehead atoms. The Kier molecular flexibility index (Phi) is 2.48. The molecule has 0 saturated carbocycles. The van der Waals surface area contributed by atoms with Gasteiger partial charge >= 0.3 is 0 Å². The van der Waals surface area contributed by atoms with Crippen LogP contribution < -0.4 is 0 Å². The number of aliphatic hydroxyl groups is 1.